The Hall–Kier alpha value is -1.84. The number of carbonyl (C=O) groups excluding carboxylic acids is 1. The molecule has 4 heteroatoms. The summed E-state index contributed by atoms with van der Waals surface area (Å²) < 4.78 is 1.71. The van der Waals surface area contributed by atoms with Crippen LogP contribution in [0.25, 0.3) is 11.0 Å². The first kappa shape index (κ1) is 8.47. The second-order valence-corrected chi connectivity index (χ2v) is 3.89. The molecule has 2 aromatic rings. The van der Waals surface area contributed by atoms with Gasteiger partial charge in [-0.05, 0) is 25.0 Å². The number of hydrogen-bond donors (Lipinski definition) is 1. The third kappa shape index (κ3) is 1.14. The van der Waals surface area contributed by atoms with Crippen LogP contribution in [0.2, 0.25) is 0 Å². The first-order chi connectivity index (χ1) is 7.31. The van der Waals surface area contributed by atoms with Gasteiger partial charge >= 0.3 is 5.69 Å². The van der Waals surface area contributed by atoms with Crippen molar-refractivity contribution in [3.05, 3.63) is 34.2 Å². The number of fused-ring (bicyclic) bond motifs is 1. The third-order valence-electron chi connectivity index (χ3n) is 2.81. The van der Waals surface area contributed by atoms with Gasteiger partial charge in [-0.2, -0.15) is 0 Å². The SMILES string of the molecule is O=Cc1cccc2[nH]c(=O)n(C3CC3)c12. The highest BCUT2D eigenvalue weighted by Gasteiger charge is 2.27. The fourth-order valence-corrected chi connectivity index (χ4v) is 1.98. The van der Waals surface area contributed by atoms with Gasteiger partial charge in [0.2, 0.25) is 0 Å². The highest BCUT2D eigenvalue weighted by atomic mass is 16.1. The summed E-state index contributed by atoms with van der Waals surface area (Å²) in [5, 5.41) is 0. The number of aromatic nitrogens is 2. The largest absolute Gasteiger partial charge is 0.326 e. The third-order valence-corrected chi connectivity index (χ3v) is 2.81. The van der Waals surface area contributed by atoms with E-state index in [2.05, 4.69) is 4.98 Å². The minimum Gasteiger partial charge on any atom is -0.306 e. The van der Waals surface area contributed by atoms with Gasteiger partial charge in [0, 0.05) is 11.6 Å². The molecule has 4 nitrogen and oxygen atoms in total. The summed E-state index contributed by atoms with van der Waals surface area (Å²) in [4.78, 5) is 25.3. The number of rotatable bonds is 2. The molecule has 15 heavy (non-hydrogen) atoms. The molecule has 1 heterocycles. The van der Waals surface area contributed by atoms with Crippen molar-refractivity contribution < 1.29 is 4.79 Å². The van der Waals surface area contributed by atoms with Crippen LogP contribution in [0.1, 0.15) is 29.2 Å². The van der Waals surface area contributed by atoms with Crippen LogP contribution in [-0.2, 0) is 0 Å². The van der Waals surface area contributed by atoms with Crippen LogP contribution in [0.4, 0.5) is 0 Å². The number of para-hydroxylation sites is 1. The Morgan fingerprint density at radius 2 is 2.20 bits per heavy atom. The van der Waals surface area contributed by atoms with Gasteiger partial charge in [-0.3, -0.25) is 9.36 Å². The average molecular weight is 202 g/mol. The minimum atomic E-state index is -0.109. The number of H-pyrrole nitrogens is 1. The summed E-state index contributed by atoms with van der Waals surface area (Å²) in [6.07, 6.45) is 2.86. The average Bonchev–Trinajstić information content (AvgIpc) is 3.00. The number of nitrogens with zero attached hydrogens (tertiary/aromatic N) is 1. The van der Waals surface area contributed by atoms with Crippen molar-refractivity contribution in [3.63, 3.8) is 0 Å². The number of nitrogens with one attached hydrogen (secondary N) is 1. The molecule has 1 aliphatic rings. The molecule has 0 atom stereocenters. The maximum absolute atomic E-state index is 11.7. The Kier molecular flexibility index (Phi) is 1.59. The van der Waals surface area contributed by atoms with Crippen LogP contribution < -0.4 is 5.69 Å². The van der Waals surface area contributed by atoms with Crippen molar-refractivity contribution in [1.29, 1.82) is 0 Å². The monoisotopic (exact) mass is 202 g/mol. The fourth-order valence-electron chi connectivity index (χ4n) is 1.98. The molecule has 1 aliphatic carbocycles. The van der Waals surface area contributed by atoms with Crippen molar-refractivity contribution in [3.8, 4) is 0 Å². The molecule has 0 unspecified atom stereocenters. The molecule has 0 bridgehead atoms. The molecule has 0 saturated heterocycles. The smallest absolute Gasteiger partial charge is 0.306 e. The molecule has 76 valence electrons. The Balaban J connectivity index is 2.45. The van der Waals surface area contributed by atoms with E-state index >= 15 is 0 Å². The lowest BCUT2D eigenvalue weighted by Gasteiger charge is -2.01. The summed E-state index contributed by atoms with van der Waals surface area (Å²) in [6, 6.07) is 5.62. The van der Waals surface area contributed by atoms with Gasteiger partial charge in [-0.1, -0.05) is 6.07 Å². The molecule has 0 spiro atoms. The van der Waals surface area contributed by atoms with E-state index in [1.165, 1.54) is 0 Å². The van der Waals surface area contributed by atoms with Crippen molar-refractivity contribution in [2.75, 3.05) is 0 Å². The predicted octanol–water partition coefficient (Wildman–Crippen LogP) is 1.48. The van der Waals surface area contributed by atoms with Crippen molar-refractivity contribution >= 4 is 17.3 Å². The maximum Gasteiger partial charge on any atom is 0.326 e. The normalized spacial score (nSPS) is 15.7. The molecular formula is C11H10N2O2. The molecular weight excluding hydrogens is 192 g/mol. The van der Waals surface area contributed by atoms with Crippen LogP contribution in [0.3, 0.4) is 0 Å². The highest BCUT2D eigenvalue weighted by Crippen LogP contribution is 2.36. The summed E-state index contributed by atoms with van der Waals surface area (Å²) in [5.41, 5.74) is 1.97. The standard InChI is InChI=1S/C11H10N2O2/c14-6-7-2-1-3-9-10(7)13(8-4-5-8)11(15)12-9/h1-3,6,8H,4-5H2,(H,12,15). The van der Waals surface area contributed by atoms with Crippen molar-refractivity contribution in [2.45, 2.75) is 18.9 Å². The zero-order valence-electron chi connectivity index (χ0n) is 8.06. The zero-order valence-corrected chi connectivity index (χ0v) is 8.06. The van der Waals surface area contributed by atoms with Gasteiger partial charge in [0.05, 0.1) is 11.0 Å². The molecule has 1 aromatic heterocycles. The van der Waals surface area contributed by atoms with E-state index in [0.29, 0.717) is 5.56 Å². The molecule has 1 aromatic carbocycles. The van der Waals surface area contributed by atoms with Gasteiger partial charge < -0.3 is 4.98 Å². The predicted molar refractivity (Wildman–Crippen MR) is 56.2 cm³/mol. The number of benzene rings is 1. The topological polar surface area (TPSA) is 54.9 Å². The first-order valence-corrected chi connectivity index (χ1v) is 4.99. The van der Waals surface area contributed by atoms with E-state index in [9.17, 15) is 9.59 Å². The quantitative estimate of drug-likeness (QED) is 0.750. The van der Waals surface area contributed by atoms with E-state index < -0.39 is 0 Å². The Bertz CT molecular complexity index is 590. The molecule has 1 N–H and O–H groups in total. The second kappa shape index (κ2) is 2.82. The number of hydrogen-bond acceptors (Lipinski definition) is 2. The van der Waals surface area contributed by atoms with Crippen LogP contribution in [-0.4, -0.2) is 15.8 Å². The van der Waals surface area contributed by atoms with Gasteiger partial charge in [-0.25, -0.2) is 4.79 Å². The number of imidazole rings is 1. The number of aldehydes is 1. The zero-order chi connectivity index (χ0) is 10.4. The molecule has 3 rings (SSSR count). The van der Waals surface area contributed by atoms with Gasteiger partial charge in [0.25, 0.3) is 0 Å². The van der Waals surface area contributed by atoms with Crippen molar-refractivity contribution in [1.82, 2.24) is 9.55 Å². The molecule has 0 radical (unpaired) electrons. The molecule has 1 fully saturated rings. The van der Waals surface area contributed by atoms with Crippen LogP contribution in [0.15, 0.2) is 23.0 Å². The van der Waals surface area contributed by atoms with E-state index in [1.54, 1.807) is 16.7 Å². The van der Waals surface area contributed by atoms with Crippen LogP contribution in [0, 0.1) is 0 Å². The number of carbonyl (C=O) groups is 1. The van der Waals surface area contributed by atoms with Gasteiger partial charge in [0.15, 0.2) is 6.29 Å². The minimum absolute atomic E-state index is 0.109. The summed E-state index contributed by atoms with van der Waals surface area (Å²) in [7, 11) is 0. The Morgan fingerprint density at radius 1 is 1.40 bits per heavy atom. The second-order valence-electron chi connectivity index (χ2n) is 3.89. The van der Waals surface area contributed by atoms with E-state index in [0.717, 1.165) is 30.2 Å². The highest BCUT2D eigenvalue weighted by molar-refractivity contribution is 5.94. The molecule has 1 saturated carbocycles. The molecule has 0 amide bonds. The molecule has 0 aliphatic heterocycles. The first-order valence-electron chi connectivity index (χ1n) is 4.99. The summed E-state index contributed by atoms with van der Waals surface area (Å²) in [6.45, 7) is 0. The van der Waals surface area contributed by atoms with Crippen LogP contribution in [0.5, 0.6) is 0 Å². The van der Waals surface area contributed by atoms with E-state index in [4.69, 9.17) is 0 Å². The number of aromatic amines is 1. The van der Waals surface area contributed by atoms with E-state index in [1.807, 2.05) is 6.07 Å². The summed E-state index contributed by atoms with van der Waals surface area (Å²) >= 11 is 0. The lowest BCUT2D eigenvalue weighted by Crippen LogP contribution is -2.15. The Labute approximate surface area is 85.5 Å². The van der Waals surface area contributed by atoms with E-state index in [-0.39, 0.29) is 11.7 Å². The maximum atomic E-state index is 11.7. The Morgan fingerprint density at radius 3 is 2.87 bits per heavy atom. The fraction of sp³-hybridized carbons (Fsp3) is 0.273. The van der Waals surface area contributed by atoms with Crippen molar-refractivity contribution in [2.24, 2.45) is 0 Å². The van der Waals surface area contributed by atoms with Gasteiger partial charge in [0.1, 0.15) is 0 Å². The van der Waals surface area contributed by atoms with Crippen LogP contribution >= 0.6 is 0 Å². The summed E-state index contributed by atoms with van der Waals surface area (Å²) in [5.74, 6) is 0. The lowest BCUT2D eigenvalue weighted by atomic mass is 10.2. The lowest BCUT2D eigenvalue weighted by molar-refractivity contribution is 0.112. The van der Waals surface area contributed by atoms with Gasteiger partial charge in [-0.15, -0.1) is 0 Å².